The van der Waals surface area contributed by atoms with E-state index in [2.05, 4.69) is 66.4 Å². The molecule has 0 N–H and O–H groups in total. The summed E-state index contributed by atoms with van der Waals surface area (Å²) in [5.74, 6) is -1.14. The molecule has 1 fully saturated rings. The molecule has 1 saturated heterocycles. The van der Waals surface area contributed by atoms with Crippen LogP contribution in [0.1, 0.15) is 44.2 Å². The van der Waals surface area contributed by atoms with Gasteiger partial charge in [-0.1, -0.05) is 65.7 Å². The molecule has 2 aromatic rings. The van der Waals surface area contributed by atoms with Crippen molar-refractivity contribution in [2.45, 2.75) is 40.0 Å². The topological polar surface area (TPSA) is 46.6 Å². The molecule has 0 saturated carbocycles. The molecule has 1 aliphatic heterocycles. The van der Waals surface area contributed by atoms with E-state index in [1.54, 1.807) is 6.92 Å². The third-order valence-electron chi connectivity index (χ3n) is 5.98. The van der Waals surface area contributed by atoms with Crippen molar-refractivity contribution in [2.24, 2.45) is 5.92 Å². The number of ether oxygens (including phenoxy) is 1. The summed E-state index contributed by atoms with van der Waals surface area (Å²) in [5, 5.41) is 0. The molecule has 1 heterocycles. The molecule has 0 aliphatic carbocycles. The molecule has 2 aromatic carbocycles. The molecule has 0 spiro atoms. The van der Waals surface area contributed by atoms with Gasteiger partial charge >= 0.3 is 5.97 Å². The lowest BCUT2D eigenvalue weighted by Gasteiger charge is -2.29. The summed E-state index contributed by atoms with van der Waals surface area (Å²) < 4.78 is 5.06. The molecular weight excluding hydrogens is 386 g/mol. The predicted octanol–water partition coefficient (Wildman–Crippen LogP) is 5.30. The van der Waals surface area contributed by atoms with Crippen LogP contribution in [-0.4, -0.2) is 42.9 Å². The molecule has 0 bridgehead atoms. The van der Waals surface area contributed by atoms with E-state index in [-0.39, 0.29) is 11.8 Å². The van der Waals surface area contributed by atoms with E-state index >= 15 is 0 Å². The zero-order valence-corrected chi connectivity index (χ0v) is 18.9. The molecular formula is C27H33NO3. The quantitative estimate of drug-likeness (QED) is 0.430. The number of carbonyl (C=O) groups is 2. The molecule has 0 aromatic heterocycles. The first kappa shape index (κ1) is 23.0. The van der Waals surface area contributed by atoms with E-state index < -0.39 is 5.92 Å². The minimum atomic E-state index is -0.640. The van der Waals surface area contributed by atoms with E-state index in [1.807, 2.05) is 0 Å². The highest BCUT2D eigenvalue weighted by Crippen LogP contribution is 2.28. The number of ketones is 1. The first-order valence-corrected chi connectivity index (χ1v) is 11.2. The third kappa shape index (κ3) is 6.38. The van der Waals surface area contributed by atoms with Crippen LogP contribution in [0.2, 0.25) is 0 Å². The Balaban J connectivity index is 1.61. The van der Waals surface area contributed by atoms with Crippen molar-refractivity contribution in [3.63, 3.8) is 0 Å². The van der Waals surface area contributed by atoms with Crippen molar-refractivity contribution in [2.75, 3.05) is 26.2 Å². The highest BCUT2D eigenvalue weighted by Gasteiger charge is 2.26. The average Bonchev–Trinajstić information content (AvgIpc) is 2.76. The van der Waals surface area contributed by atoms with Gasteiger partial charge in [-0.15, -0.1) is 0 Å². The monoisotopic (exact) mass is 419 g/mol. The number of hydrogen-bond donors (Lipinski definition) is 0. The fourth-order valence-corrected chi connectivity index (χ4v) is 4.09. The van der Waals surface area contributed by atoms with Gasteiger partial charge in [-0.2, -0.15) is 0 Å². The van der Waals surface area contributed by atoms with Gasteiger partial charge < -0.3 is 9.64 Å². The van der Waals surface area contributed by atoms with Crippen LogP contribution in [0.4, 0.5) is 0 Å². The number of carbonyl (C=O) groups excluding carboxylic acids is 2. The van der Waals surface area contributed by atoms with Crippen molar-refractivity contribution in [3.8, 4) is 11.1 Å². The van der Waals surface area contributed by atoms with Gasteiger partial charge in [0.25, 0.3) is 0 Å². The first-order chi connectivity index (χ1) is 15.0. The third-order valence-corrected chi connectivity index (χ3v) is 5.98. The maximum Gasteiger partial charge on any atom is 0.316 e. The van der Waals surface area contributed by atoms with Gasteiger partial charge in [-0.25, -0.2) is 0 Å². The summed E-state index contributed by atoms with van der Waals surface area (Å²) >= 11 is 0. The summed E-state index contributed by atoms with van der Waals surface area (Å²) in [4.78, 5) is 26.2. The van der Waals surface area contributed by atoms with Crippen molar-refractivity contribution < 1.29 is 14.3 Å². The normalized spacial score (nSPS) is 15.4. The first-order valence-electron chi connectivity index (χ1n) is 11.2. The van der Waals surface area contributed by atoms with Gasteiger partial charge in [0.15, 0.2) is 0 Å². The molecule has 1 unspecified atom stereocenters. The van der Waals surface area contributed by atoms with E-state index in [0.717, 1.165) is 32.5 Å². The minimum Gasteiger partial charge on any atom is -0.465 e. The number of esters is 1. The lowest BCUT2D eigenvalue weighted by atomic mass is 9.94. The number of hydrogen-bond acceptors (Lipinski definition) is 4. The SMILES string of the molecule is CCOC(=O)C(CCN1CCC(=Cc2ccccc2-c2ccc(C)cc2)CC1)C(C)=O. The second-order valence-corrected chi connectivity index (χ2v) is 8.30. The van der Waals surface area contributed by atoms with Crippen molar-refractivity contribution in [3.05, 3.63) is 65.2 Å². The van der Waals surface area contributed by atoms with Crippen LogP contribution in [0.5, 0.6) is 0 Å². The van der Waals surface area contributed by atoms with Crippen LogP contribution in [-0.2, 0) is 14.3 Å². The minimum absolute atomic E-state index is 0.108. The highest BCUT2D eigenvalue weighted by atomic mass is 16.5. The summed E-state index contributed by atoms with van der Waals surface area (Å²) in [6, 6.07) is 17.2. The van der Waals surface area contributed by atoms with Crippen LogP contribution in [0.25, 0.3) is 17.2 Å². The van der Waals surface area contributed by atoms with Crippen LogP contribution >= 0.6 is 0 Å². The fraction of sp³-hybridized carbons (Fsp3) is 0.407. The van der Waals surface area contributed by atoms with Gasteiger partial charge in [-0.3, -0.25) is 9.59 Å². The van der Waals surface area contributed by atoms with Gasteiger partial charge in [0.05, 0.1) is 6.61 Å². The Bertz CT molecular complexity index is 920. The van der Waals surface area contributed by atoms with E-state index in [4.69, 9.17) is 4.74 Å². The zero-order chi connectivity index (χ0) is 22.2. The number of benzene rings is 2. The van der Waals surface area contributed by atoms with Crippen LogP contribution < -0.4 is 0 Å². The molecule has 4 nitrogen and oxygen atoms in total. The van der Waals surface area contributed by atoms with E-state index in [0.29, 0.717) is 13.0 Å². The standard InChI is InChI=1S/C27H33NO3/c1-4-31-27(30)25(21(3)29)15-18-28-16-13-22(14-17-28)19-24-7-5-6-8-26(24)23-11-9-20(2)10-12-23/h5-12,19,25H,4,13-18H2,1-3H3. The molecule has 3 rings (SSSR count). The lowest BCUT2D eigenvalue weighted by Crippen LogP contribution is -2.35. The average molecular weight is 420 g/mol. The van der Waals surface area contributed by atoms with E-state index in [9.17, 15) is 9.59 Å². The molecule has 1 aliphatic rings. The van der Waals surface area contributed by atoms with Crippen LogP contribution in [0.3, 0.4) is 0 Å². The van der Waals surface area contributed by atoms with Crippen LogP contribution in [0.15, 0.2) is 54.1 Å². The Hall–Kier alpha value is -2.72. The number of nitrogens with zero attached hydrogens (tertiary/aromatic N) is 1. The fourth-order valence-electron chi connectivity index (χ4n) is 4.09. The Labute approximate surface area is 185 Å². The van der Waals surface area contributed by atoms with Crippen LogP contribution in [0, 0.1) is 12.8 Å². The van der Waals surface area contributed by atoms with Gasteiger partial charge in [-0.05, 0) is 63.3 Å². The maximum absolute atomic E-state index is 12.0. The number of Topliss-reactive ketones (excluding diaryl/α,β-unsaturated/α-hetero) is 1. The summed E-state index contributed by atoms with van der Waals surface area (Å²) in [5.41, 5.74) is 6.47. The Kier molecular flexibility index (Phi) is 8.19. The molecule has 4 heteroatoms. The number of piperidine rings is 1. The van der Waals surface area contributed by atoms with Crippen molar-refractivity contribution in [1.82, 2.24) is 4.90 Å². The lowest BCUT2D eigenvalue weighted by molar-refractivity contribution is -0.151. The second-order valence-electron chi connectivity index (χ2n) is 8.30. The Morgan fingerprint density at radius 1 is 1.06 bits per heavy atom. The van der Waals surface area contributed by atoms with E-state index in [1.165, 1.54) is 34.8 Å². The summed E-state index contributed by atoms with van der Waals surface area (Å²) in [6.45, 7) is 8.31. The number of aryl methyl sites for hydroxylation is 1. The van der Waals surface area contributed by atoms with Gasteiger partial charge in [0, 0.05) is 13.1 Å². The smallest absolute Gasteiger partial charge is 0.316 e. The Morgan fingerprint density at radius 2 is 1.74 bits per heavy atom. The molecule has 1 atom stereocenters. The summed E-state index contributed by atoms with van der Waals surface area (Å²) in [7, 11) is 0. The molecule has 164 valence electrons. The highest BCUT2D eigenvalue weighted by molar-refractivity contribution is 5.97. The Morgan fingerprint density at radius 3 is 2.39 bits per heavy atom. The van der Waals surface area contributed by atoms with Crippen molar-refractivity contribution in [1.29, 1.82) is 0 Å². The van der Waals surface area contributed by atoms with Gasteiger partial charge in [0.1, 0.15) is 11.7 Å². The number of rotatable bonds is 8. The number of likely N-dealkylation sites (tertiary alicyclic amines) is 1. The predicted molar refractivity (Wildman–Crippen MR) is 126 cm³/mol. The summed E-state index contributed by atoms with van der Waals surface area (Å²) in [6.07, 6.45) is 4.88. The zero-order valence-electron chi connectivity index (χ0n) is 18.9. The second kappa shape index (κ2) is 11.1. The molecule has 0 radical (unpaired) electrons. The molecule has 31 heavy (non-hydrogen) atoms. The van der Waals surface area contributed by atoms with Crippen molar-refractivity contribution >= 4 is 17.8 Å². The van der Waals surface area contributed by atoms with Gasteiger partial charge in [0.2, 0.25) is 0 Å². The maximum atomic E-state index is 12.0. The molecule has 0 amide bonds. The largest absolute Gasteiger partial charge is 0.465 e.